The molecule has 0 aliphatic carbocycles. The van der Waals surface area contributed by atoms with Gasteiger partial charge in [-0.1, -0.05) is 69.3 Å². The van der Waals surface area contributed by atoms with E-state index in [9.17, 15) is 0 Å². The maximum absolute atomic E-state index is 2.38. The summed E-state index contributed by atoms with van der Waals surface area (Å²) in [6.45, 7) is 10.1. The maximum atomic E-state index is 2.38. The van der Waals surface area contributed by atoms with Crippen LogP contribution in [0.2, 0.25) is 0 Å². The molecule has 0 saturated heterocycles. The van der Waals surface area contributed by atoms with Gasteiger partial charge in [0.15, 0.2) is 0 Å². The van der Waals surface area contributed by atoms with E-state index in [-0.39, 0.29) is 0 Å². The molecule has 0 aromatic heterocycles. The Kier molecular flexibility index (Phi) is 6.34. The van der Waals surface area contributed by atoms with Crippen LogP contribution in [0.4, 0.5) is 0 Å². The second-order valence-corrected chi connectivity index (χ2v) is 3.97. The predicted octanol–water partition coefficient (Wildman–Crippen LogP) is 4.19. The van der Waals surface area contributed by atoms with Crippen molar-refractivity contribution in [1.82, 2.24) is 4.90 Å². The van der Waals surface area contributed by atoms with Crippen LogP contribution in [-0.2, 0) is 0 Å². The standard InChI is InChI=1S/C10H8.C6H15N/c1-2-6-10-8-4-3-7-9(10)5-1;1-4-7(5-2)6-3/h1-8H;4-6H2,1-3H3. The number of benzene rings is 2. The van der Waals surface area contributed by atoms with Gasteiger partial charge in [0.25, 0.3) is 0 Å². The van der Waals surface area contributed by atoms with E-state index in [4.69, 9.17) is 0 Å². The molecular formula is C16H23N. The highest BCUT2D eigenvalue weighted by Gasteiger charge is 1.89. The van der Waals surface area contributed by atoms with Gasteiger partial charge in [0.2, 0.25) is 0 Å². The Hall–Kier alpha value is -1.34. The Bertz CT molecular complexity index is 348. The van der Waals surface area contributed by atoms with E-state index in [1.54, 1.807) is 0 Å². The van der Waals surface area contributed by atoms with Gasteiger partial charge in [0, 0.05) is 0 Å². The van der Waals surface area contributed by atoms with Gasteiger partial charge in [0.1, 0.15) is 0 Å². The largest absolute Gasteiger partial charge is 0.304 e. The summed E-state index contributed by atoms with van der Waals surface area (Å²) in [7, 11) is 0. The summed E-state index contributed by atoms with van der Waals surface area (Å²) in [6.07, 6.45) is 0. The lowest BCUT2D eigenvalue weighted by Crippen LogP contribution is -2.21. The van der Waals surface area contributed by atoms with Crippen molar-refractivity contribution >= 4 is 10.8 Å². The minimum absolute atomic E-state index is 1.19. The smallest absolute Gasteiger partial charge is 0.00474 e. The highest BCUT2D eigenvalue weighted by atomic mass is 15.1. The third-order valence-corrected chi connectivity index (χ3v) is 3.00. The summed E-state index contributed by atoms with van der Waals surface area (Å²) in [5, 5.41) is 2.62. The summed E-state index contributed by atoms with van der Waals surface area (Å²) in [6, 6.07) is 16.7. The number of hydrogen-bond acceptors (Lipinski definition) is 1. The molecule has 0 aliphatic heterocycles. The molecule has 0 spiro atoms. The van der Waals surface area contributed by atoms with Crippen molar-refractivity contribution in [2.75, 3.05) is 19.6 Å². The monoisotopic (exact) mass is 229 g/mol. The SMILES string of the molecule is CCN(CC)CC.c1ccc2ccccc2c1. The van der Waals surface area contributed by atoms with Gasteiger partial charge in [0.05, 0.1) is 0 Å². The van der Waals surface area contributed by atoms with E-state index in [2.05, 4.69) is 74.2 Å². The summed E-state index contributed by atoms with van der Waals surface area (Å²) in [5.41, 5.74) is 0. The molecule has 0 fully saturated rings. The van der Waals surface area contributed by atoms with E-state index in [0.717, 1.165) is 0 Å². The fraction of sp³-hybridized carbons (Fsp3) is 0.375. The molecule has 1 heteroatoms. The minimum atomic E-state index is 1.19. The van der Waals surface area contributed by atoms with Crippen molar-refractivity contribution < 1.29 is 0 Å². The molecule has 0 unspecified atom stereocenters. The predicted molar refractivity (Wildman–Crippen MR) is 77.4 cm³/mol. The zero-order chi connectivity index (χ0) is 12.5. The Morgan fingerprint density at radius 3 is 1.12 bits per heavy atom. The van der Waals surface area contributed by atoms with Gasteiger partial charge >= 0.3 is 0 Å². The van der Waals surface area contributed by atoms with E-state index in [1.165, 1.54) is 30.4 Å². The lowest BCUT2D eigenvalue weighted by Gasteiger charge is -2.13. The van der Waals surface area contributed by atoms with Gasteiger partial charge < -0.3 is 4.90 Å². The molecule has 0 aliphatic rings. The van der Waals surface area contributed by atoms with E-state index in [0.29, 0.717) is 0 Å². The van der Waals surface area contributed by atoms with Crippen LogP contribution in [0, 0.1) is 0 Å². The summed E-state index contributed by atoms with van der Waals surface area (Å²) in [5.74, 6) is 0. The summed E-state index contributed by atoms with van der Waals surface area (Å²) >= 11 is 0. The first-order chi connectivity index (χ1) is 8.31. The highest BCUT2D eigenvalue weighted by molar-refractivity contribution is 5.81. The Morgan fingerprint density at radius 2 is 0.941 bits per heavy atom. The fourth-order valence-electron chi connectivity index (χ4n) is 1.80. The van der Waals surface area contributed by atoms with Crippen molar-refractivity contribution in [2.24, 2.45) is 0 Å². The first-order valence-corrected chi connectivity index (χ1v) is 6.47. The summed E-state index contributed by atoms with van der Waals surface area (Å²) in [4.78, 5) is 2.38. The van der Waals surface area contributed by atoms with Crippen LogP contribution in [0.15, 0.2) is 48.5 Å². The van der Waals surface area contributed by atoms with Crippen LogP contribution < -0.4 is 0 Å². The Balaban J connectivity index is 0.000000185. The van der Waals surface area contributed by atoms with Crippen LogP contribution in [-0.4, -0.2) is 24.5 Å². The number of hydrogen-bond donors (Lipinski definition) is 0. The molecule has 92 valence electrons. The van der Waals surface area contributed by atoms with Gasteiger partial charge in [-0.15, -0.1) is 0 Å². The minimum Gasteiger partial charge on any atom is -0.304 e. The van der Waals surface area contributed by atoms with Gasteiger partial charge in [-0.25, -0.2) is 0 Å². The normalized spacial score (nSPS) is 10.1. The quantitative estimate of drug-likeness (QED) is 0.763. The zero-order valence-corrected chi connectivity index (χ0v) is 11.2. The molecule has 17 heavy (non-hydrogen) atoms. The topological polar surface area (TPSA) is 3.24 Å². The molecule has 0 heterocycles. The molecule has 0 N–H and O–H groups in total. The van der Waals surface area contributed by atoms with Gasteiger partial charge in [-0.3, -0.25) is 0 Å². The second kappa shape index (κ2) is 7.86. The van der Waals surface area contributed by atoms with Gasteiger partial charge in [-0.05, 0) is 30.4 Å². The van der Waals surface area contributed by atoms with Crippen molar-refractivity contribution in [1.29, 1.82) is 0 Å². The van der Waals surface area contributed by atoms with Crippen LogP contribution in [0.1, 0.15) is 20.8 Å². The van der Waals surface area contributed by atoms with E-state index < -0.39 is 0 Å². The van der Waals surface area contributed by atoms with Crippen LogP contribution in [0.25, 0.3) is 10.8 Å². The lowest BCUT2D eigenvalue weighted by atomic mass is 10.1. The molecule has 0 amide bonds. The number of fused-ring (bicyclic) bond motifs is 1. The molecule has 2 aromatic carbocycles. The fourth-order valence-corrected chi connectivity index (χ4v) is 1.80. The second-order valence-electron chi connectivity index (χ2n) is 3.97. The number of rotatable bonds is 3. The first kappa shape index (κ1) is 13.7. The zero-order valence-electron chi connectivity index (χ0n) is 11.2. The van der Waals surface area contributed by atoms with Gasteiger partial charge in [-0.2, -0.15) is 0 Å². The highest BCUT2D eigenvalue weighted by Crippen LogP contribution is 2.11. The third-order valence-electron chi connectivity index (χ3n) is 3.00. The maximum Gasteiger partial charge on any atom is -0.00474 e. The molecule has 0 saturated carbocycles. The average molecular weight is 229 g/mol. The Labute approximate surface area is 105 Å². The molecule has 2 rings (SSSR count). The Morgan fingerprint density at radius 1 is 0.647 bits per heavy atom. The van der Waals surface area contributed by atoms with Crippen LogP contribution in [0.5, 0.6) is 0 Å². The molecule has 0 atom stereocenters. The number of nitrogens with zero attached hydrogens (tertiary/aromatic N) is 1. The lowest BCUT2D eigenvalue weighted by molar-refractivity contribution is 0.321. The van der Waals surface area contributed by atoms with Crippen molar-refractivity contribution in [3.05, 3.63) is 48.5 Å². The first-order valence-electron chi connectivity index (χ1n) is 6.47. The molecule has 0 radical (unpaired) electrons. The molecule has 2 aromatic rings. The summed E-state index contributed by atoms with van der Waals surface area (Å²) < 4.78 is 0. The van der Waals surface area contributed by atoms with Crippen molar-refractivity contribution in [2.45, 2.75) is 20.8 Å². The van der Waals surface area contributed by atoms with Crippen LogP contribution >= 0.6 is 0 Å². The van der Waals surface area contributed by atoms with Crippen molar-refractivity contribution in [3.8, 4) is 0 Å². The van der Waals surface area contributed by atoms with Crippen LogP contribution in [0.3, 0.4) is 0 Å². The van der Waals surface area contributed by atoms with Crippen molar-refractivity contribution in [3.63, 3.8) is 0 Å². The van der Waals surface area contributed by atoms with E-state index in [1.807, 2.05) is 0 Å². The molecule has 0 bridgehead atoms. The third kappa shape index (κ3) is 4.58. The molecular weight excluding hydrogens is 206 g/mol. The average Bonchev–Trinajstić information content (AvgIpc) is 2.42. The molecule has 1 nitrogen and oxygen atoms in total. The van der Waals surface area contributed by atoms with E-state index >= 15 is 0 Å².